The van der Waals surface area contributed by atoms with Gasteiger partial charge in [0.05, 0.1) is 0 Å². The minimum Gasteiger partial charge on any atom is -0.478 e. The highest BCUT2D eigenvalue weighted by Gasteiger charge is 2.36. The lowest BCUT2D eigenvalue weighted by molar-refractivity contribution is 0.0966. The van der Waals surface area contributed by atoms with Crippen LogP contribution in [0.15, 0.2) is 91.0 Å². The van der Waals surface area contributed by atoms with Crippen molar-refractivity contribution in [3.8, 4) is 5.75 Å². The van der Waals surface area contributed by atoms with Crippen molar-refractivity contribution in [2.75, 3.05) is 0 Å². The lowest BCUT2D eigenvalue weighted by Crippen LogP contribution is -2.34. The number of hydrogen-bond donors (Lipinski definition) is 0. The van der Waals surface area contributed by atoms with Crippen molar-refractivity contribution < 1.29 is 4.74 Å². The third kappa shape index (κ3) is 5.97. The van der Waals surface area contributed by atoms with Crippen LogP contribution in [0.5, 0.6) is 5.75 Å². The van der Waals surface area contributed by atoms with Gasteiger partial charge in [-0.3, -0.25) is 0 Å². The topological polar surface area (TPSA) is 9.23 Å². The second-order valence-electron chi connectivity index (χ2n) is 7.85. The van der Waals surface area contributed by atoms with E-state index in [1.54, 1.807) is 0 Å². The lowest BCUT2D eigenvalue weighted by Gasteiger charge is -2.36. The minimum atomic E-state index is -0.465. The summed E-state index contributed by atoms with van der Waals surface area (Å²) in [7, 11) is 0. The number of benzene rings is 3. The van der Waals surface area contributed by atoms with Gasteiger partial charge < -0.3 is 4.74 Å². The van der Waals surface area contributed by atoms with E-state index in [9.17, 15) is 0 Å². The van der Waals surface area contributed by atoms with Crippen LogP contribution in [-0.4, -0.2) is 0 Å². The first kappa shape index (κ1) is 21.2. The molecule has 3 aromatic rings. The molecule has 0 aliphatic heterocycles. The Kier molecular flexibility index (Phi) is 8.37. The van der Waals surface area contributed by atoms with Gasteiger partial charge in [-0.1, -0.05) is 124 Å². The molecule has 0 spiro atoms. The average Bonchev–Trinajstić information content (AvgIpc) is 2.79. The van der Waals surface area contributed by atoms with Gasteiger partial charge in [0.25, 0.3) is 0 Å². The van der Waals surface area contributed by atoms with Crippen LogP contribution in [0.2, 0.25) is 0 Å². The maximum absolute atomic E-state index is 6.82. The van der Waals surface area contributed by atoms with Gasteiger partial charge in [-0.25, -0.2) is 0 Å². The first-order valence-corrected chi connectivity index (χ1v) is 11.2. The van der Waals surface area contributed by atoms with Crippen LogP contribution in [0, 0.1) is 0 Å². The highest BCUT2D eigenvalue weighted by atomic mass is 16.5. The fraction of sp³-hybridized carbons (Fsp3) is 0.357. The maximum atomic E-state index is 6.82. The number of ether oxygens (including phenoxy) is 1. The van der Waals surface area contributed by atoms with Gasteiger partial charge in [0.2, 0.25) is 0 Å². The Morgan fingerprint density at radius 2 is 1.00 bits per heavy atom. The smallest absolute Gasteiger partial charge is 0.159 e. The molecular weight excluding hydrogens is 352 g/mol. The first-order valence-electron chi connectivity index (χ1n) is 11.2. The second-order valence-corrected chi connectivity index (χ2v) is 7.85. The maximum Gasteiger partial charge on any atom is 0.159 e. The predicted molar refractivity (Wildman–Crippen MR) is 123 cm³/mol. The fourth-order valence-corrected chi connectivity index (χ4v) is 4.06. The molecule has 0 saturated carbocycles. The van der Waals surface area contributed by atoms with Crippen molar-refractivity contribution in [1.29, 1.82) is 0 Å². The highest BCUT2D eigenvalue weighted by Crippen LogP contribution is 2.39. The van der Waals surface area contributed by atoms with Crippen LogP contribution in [0.4, 0.5) is 0 Å². The molecule has 0 aliphatic rings. The molecule has 0 aromatic heterocycles. The summed E-state index contributed by atoms with van der Waals surface area (Å²) in [6.07, 6.45) is 10.1. The Morgan fingerprint density at radius 1 is 0.552 bits per heavy atom. The third-order valence-electron chi connectivity index (χ3n) is 5.65. The first-order chi connectivity index (χ1) is 14.3. The van der Waals surface area contributed by atoms with Gasteiger partial charge in [-0.2, -0.15) is 0 Å². The summed E-state index contributed by atoms with van der Waals surface area (Å²) in [5, 5.41) is 0. The van der Waals surface area contributed by atoms with Crippen LogP contribution in [0.25, 0.3) is 0 Å². The Balaban J connectivity index is 1.86. The van der Waals surface area contributed by atoms with E-state index in [4.69, 9.17) is 4.74 Å². The SMILES string of the molecule is CCCCCCCCCC(Oc1ccccc1)(c1ccccc1)c1ccccc1. The number of para-hydroxylation sites is 1. The molecule has 0 unspecified atom stereocenters. The summed E-state index contributed by atoms with van der Waals surface area (Å²) < 4.78 is 6.82. The van der Waals surface area contributed by atoms with Crippen LogP contribution in [0.1, 0.15) is 69.4 Å². The van der Waals surface area contributed by atoms with E-state index in [2.05, 4.69) is 79.7 Å². The van der Waals surface area contributed by atoms with Crippen molar-refractivity contribution in [2.24, 2.45) is 0 Å². The summed E-state index contributed by atoms with van der Waals surface area (Å²) in [5.74, 6) is 0.920. The van der Waals surface area contributed by atoms with Gasteiger partial charge in [0.1, 0.15) is 5.75 Å². The molecule has 152 valence electrons. The van der Waals surface area contributed by atoms with E-state index < -0.39 is 5.60 Å². The Morgan fingerprint density at radius 3 is 1.52 bits per heavy atom. The van der Waals surface area contributed by atoms with E-state index in [-0.39, 0.29) is 0 Å². The van der Waals surface area contributed by atoms with Gasteiger partial charge in [-0.05, 0) is 36.1 Å². The number of rotatable bonds is 12. The zero-order chi connectivity index (χ0) is 20.2. The molecule has 0 atom stereocenters. The molecular formula is C28H34O. The van der Waals surface area contributed by atoms with E-state index in [1.165, 1.54) is 49.7 Å². The van der Waals surface area contributed by atoms with Crippen molar-refractivity contribution in [3.05, 3.63) is 102 Å². The standard InChI is InChI=1S/C28H34O/c1-2-3-4-5-6-7-17-24-28(25-18-11-8-12-19-25,26-20-13-9-14-21-26)29-27-22-15-10-16-23-27/h8-16,18-23H,2-7,17,24H2,1H3. The van der Waals surface area contributed by atoms with Gasteiger partial charge in [-0.15, -0.1) is 0 Å². The number of unbranched alkanes of at least 4 members (excludes halogenated alkanes) is 6. The quantitative estimate of drug-likeness (QED) is 0.285. The summed E-state index contributed by atoms with van der Waals surface area (Å²) in [6, 6.07) is 31.7. The van der Waals surface area contributed by atoms with Gasteiger partial charge in [0, 0.05) is 0 Å². The molecule has 0 N–H and O–H groups in total. The molecule has 0 fully saturated rings. The third-order valence-corrected chi connectivity index (χ3v) is 5.65. The van der Waals surface area contributed by atoms with E-state index in [1.807, 2.05) is 18.2 Å². The zero-order valence-electron chi connectivity index (χ0n) is 17.7. The summed E-state index contributed by atoms with van der Waals surface area (Å²) in [6.45, 7) is 2.27. The van der Waals surface area contributed by atoms with Crippen LogP contribution >= 0.6 is 0 Å². The van der Waals surface area contributed by atoms with Crippen molar-refractivity contribution in [1.82, 2.24) is 0 Å². The summed E-state index contributed by atoms with van der Waals surface area (Å²) in [5.41, 5.74) is 1.98. The molecule has 0 aliphatic carbocycles. The predicted octanol–water partition coefficient (Wildman–Crippen LogP) is 8.15. The largest absolute Gasteiger partial charge is 0.478 e. The molecule has 1 heteroatoms. The van der Waals surface area contributed by atoms with E-state index in [0.29, 0.717) is 0 Å². The minimum absolute atomic E-state index is 0.465. The molecule has 29 heavy (non-hydrogen) atoms. The average molecular weight is 387 g/mol. The molecule has 0 radical (unpaired) electrons. The van der Waals surface area contributed by atoms with Crippen molar-refractivity contribution in [3.63, 3.8) is 0 Å². The molecule has 1 nitrogen and oxygen atoms in total. The monoisotopic (exact) mass is 386 g/mol. The molecule has 3 rings (SSSR count). The fourth-order valence-electron chi connectivity index (χ4n) is 4.06. The molecule has 3 aromatic carbocycles. The van der Waals surface area contributed by atoms with Gasteiger partial charge in [0.15, 0.2) is 5.60 Å². The van der Waals surface area contributed by atoms with E-state index in [0.717, 1.165) is 18.6 Å². The number of hydrogen-bond acceptors (Lipinski definition) is 1. The summed E-state index contributed by atoms with van der Waals surface area (Å²) in [4.78, 5) is 0. The molecule has 0 saturated heterocycles. The summed E-state index contributed by atoms with van der Waals surface area (Å²) >= 11 is 0. The normalized spacial score (nSPS) is 11.3. The lowest BCUT2D eigenvalue weighted by atomic mass is 9.81. The van der Waals surface area contributed by atoms with E-state index >= 15 is 0 Å². The van der Waals surface area contributed by atoms with Gasteiger partial charge >= 0.3 is 0 Å². The van der Waals surface area contributed by atoms with Crippen LogP contribution in [0.3, 0.4) is 0 Å². The molecule has 0 bridgehead atoms. The van der Waals surface area contributed by atoms with Crippen molar-refractivity contribution in [2.45, 2.75) is 63.9 Å². The second kappa shape index (κ2) is 11.5. The van der Waals surface area contributed by atoms with Crippen LogP contribution < -0.4 is 4.74 Å². The molecule has 0 heterocycles. The van der Waals surface area contributed by atoms with Crippen LogP contribution in [-0.2, 0) is 5.60 Å². The molecule has 0 amide bonds. The van der Waals surface area contributed by atoms with Crippen molar-refractivity contribution >= 4 is 0 Å². The highest BCUT2D eigenvalue weighted by molar-refractivity contribution is 5.39. The Hall–Kier alpha value is -2.54. The zero-order valence-corrected chi connectivity index (χ0v) is 17.7. The Labute approximate surface area is 176 Å². The Bertz CT molecular complexity index is 756.